The van der Waals surface area contributed by atoms with Crippen LogP contribution < -0.4 is 4.90 Å². The molecule has 5 nitrogen and oxygen atoms in total. The van der Waals surface area contributed by atoms with E-state index in [2.05, 4.69) is 55.0 Å². The zero-order chi connectivity index (χ0) is 22.2. The quantitative estimate of drug-likeness (QED) is 0.657. The molecule has 2 aliphatic rings. The molecule has 2 unspecified atom stereocenters. The molecular formula is C25H35N3O2S. The van der Waals surface area contributed by atoms with Crippen LogP contribution >= 0.6 is 0 Å². The minimum Gasteiger partial charge on any atom is -0.369 e. The van der Waals surface area contributed by atoms with E-state index in [0.717, 1.165) is 24.6 Å². The third-order valence-electron chi connectivity index (χ3n) is 7.25. The number of rotatable bonds is 7. The highest BCUT2D eigenvalue weighted by molar-refractivity contribution is 7.89. The Balaban J connectivity index is 1.41. The first-order valence-corrected chi connectivity index (χ1v) is 12.8. The molecule has 1 aliphatic carbocycles. The molecule has 2 fully saturated rings. The van der Waals surface area contributed by atoms with Gasteiger partial charge in [0, 0.05) is 43.8 Å². The zero-order valence-corrected chi connectivity index (χ0v) is 20.0. The largest absolute Gasteiger partial charge is 0.369 e. The molecule has 2 aromatic carbocycles. The predicted molar refractivity (Wildman–Crippen MR) is 127 cm³/mol. The van der Waals surface area contributed by atoms with E-state index >= 15 is 0 Å². The minimum atomic E-state index is -3.42. The average Bonchev–Trinajstić information content (AvgIpc) is 3.44. The Morgan fingerprint density at radius 1 is 1.00 bits per heavy atom. The molecule has 0 radical (unpaired) electrons. The van der Waals surface area contributed by atoms with E-state index < -0.39 is 10.0 Å². The van der Waals surface area contributed by atoms with Gasteiger partial charge in [0.25, 0.3) is 0 Å². The molecule has 1 heterocycles. The highest BCUT2D eigenvalue weighted by Gasteiger charge is 2.52. The topological polar surface area (TPSA) is 43.9 Å². The van der Waals surface area contributed by atoms with Crippen molar-refractivity contribution in [1.82, 2.24) is 9.21 Å². The Morgan fingerprint density at radius 3 is 2.10 bits per heavy atom. The third-order valence-corrected chi connectivity index (χ3v) is 9.16. The van der Waals surface area contributed by atoms with Crippen molar-refractivity contribution in [2.75, 3.05) is 51.2 Å². The van der Waals surface area contributed by atoms with Crippen LogP contribution in [0.3, 0.4) is 0 Å². The monoisotopic (exact) mass is 441 g/mol. The van der Waals surface area contributed by atoms with E-state index in [9.17, 15) is 8.42 Å². The summed E-state index contributed by atoms with van der Waals surface area (Å²) in [7, 11) is -1.22. The standard InChI is InChI=1S/C25H35N3O2S/c1-5-26(4)19-25(18-21(25)3)22-8-10-23(11-9-22)27-14-16-28(17-15-27)31(29,30)24-12-6-20(2)7-13-24/h6-13,21H,5,14-19H2,1-4H3. The van der Waals surface area contributed by atoms with Gasteiger partial charge < -0.3 is 9.80 Å². The lowest BCUT2D eigenvalue weighted by Gasteiger charge is -2.35. The Kier molecular flexibility index (Phi) is 6.16. The molecule has 2 aromatic rings. The number of aryl methyl sites for hydroxylation is 1. The van der Waals surface area contributed by atoms with Crippen molar-refractivity contribution in [3.63, 3.8) is 0 Å². The summed E-state index contributed by atoms with van der Waals surface area (Å²) in [5.41, 5.74) is 3.98. The van der Waals surface area contributed by atoms with Gasteiger partial charge in [0.15, 0.2) is 0 Å². The average molecular weight is 442 g/mol. The summed E-state index contributed by atoms with van der Waals surface area (Å²) < 4.78 is 27.5. The van der Waals surface area contributed by atoms with Crippen LogP contribution in [0.2, 0.25) is 0 Å². The van der Waals surface area contributed by atoms with Crippen LogP contribution in [-0.4, -0.2) is 63.9 Å². The molecule has 6 heteroatoms. The number of piperazine rings is 1. The van der Waals surface area contributed by atoms with Crippen molar-refractivity contribution in [2.24, 2.45) is 5.92 Å². The van der Waals surface area contributed by atoms with Crippen LogP contribution in [0.5, 0.6) is 0 Å². The Labute approximate surface area is 187 Å². The lowest BCUT2D eigenvalue weighted by Crippen LogP contribution is -2.48. The summed E-state index contributed by atoms with van der Waals surface area (Å²) >= 11 is 0. The van der Waals surface area contributed by atoms with Crippen LogP contribution in [0.15, 0.2) is 53.4 Å². The number of anilines is 1. The van der Waals surface area contributed by atoms with E-state index in [-0.39, 0.29) is 0 Å². The fourth-order valence-corrected chi connectivity index (χ4v) is 6.27. The van der Waals surface area contributed by atoms with Gasteiger partial charge in [-0.2, -0.15) is 4.31 Å². The van der Waals surface area contributed by atoms with Gasteiger partial charge in [0.2, 0.25) is 10.0 Å². The Hall–Kier alpha value is -1.89. The van der Waals surface area contributed by atoms with Crippen molar-refractivity contribution in [2.45, 2.75) is 37.5 Å². The van der Waals surface area contributed by atoms with Crippen LogP contribution in [0.25, 0.3) is 0 Å². The van der Waals surface area contributed by atoms with Crippen molar-refractivity contribution in [3.8, 4) is 0 Å². The Bertz CT molecular complexity index is 996. The molecule has 31 heavy (non-hydrogen) atoms. The van der Waals surface area contributed by atoms with Crippen LogP contribution in [0.1, 0.15) is 31.4 Å². The number of likely N-dealkylation sites (N-methyl/N-ethyl adjacent to an activating group) is 1. The summed E-state index contributed by atoms with van der Waals surface area (Å²) in [6.07, 6.45) is 1.26. The number of hydrogen-bond acceptors (Lipinski definition) is 4. The third kappa shape index (κ3) is 4.38. The minimum absolute atomic E-state index is 0.296. The van der Waals surface area contributed by atoms with Gasteiger partial charge in [-0.3, -0.25) is 0 Å². The van der Waals surface area contributed by atoms with Gasteiger partial charge in [-0.1, -0.05) is 43.7 Å². The summed E-state index contributed by atoms with van der Waals surface area (Å²) in [6.45, 7) is 11.2. The number of benzene rings is 2. The molecule has 0 amide bonds. The molecule has 1 saturated heterocycles. The van der Waals surface area contributed by atoms with Gasteiger partial charge in [0.05, 0.1) is 4.90 Å². The van der Waals surface area contributed by atoms with Gasteiger partial charge in [0.1, 0.15) is 0 Å². The van der Waals surface area contributed by atoms with E-state index in [4.69, 9.17) is 0 Å². The fraction of sp³-hybridized carbons (Fsp3) is 0.520. The summed E-state index contributed by atoms with van der Waals surface area (Å²) in [6, 6.07) is 16.2. The molecule has 0 N–H and O–H groups in total. The molecule has 168 valence electrons. The van der Waals surface area contributed by atoms with Gasteiger partial charge in [-0.25, -0.2) is 8.42 Å². The maximum absolute atomic E-state index is 13.0. The first kappa shape index (κ1) is 22.3. The van der Waals surface area contributed by atoms with Crippen molar-refractivity contribution >= 4 is 15.7 Å². The van der Waals surface area contributed by atoms with Gasteiger partial charge >= 0.3 is 0 Å². The lowest BCUT2D eigenvalue weighted by atomic mass is 9.92. The summed E-state index contributed by atoms with van der Waals surface area (Å²) in [4.78, 5) is 5.09. The van der Waals surface area contributed by atoms with Gasteiger partial charge in [-0.15, -0.1) is 0 Å². The number of sulfonamides is 1. The van der Waals surface area contributed by atoms with Crippen molar-refractivity contribution < 1.29 is 8.42 Å². The highest BCUT2D eigenvalue weighted by atomic mass is 32.2. The summed E-state index contributed by atoms with van der Waals surface area (Å²) in [5.74, 6) is 0.725. The van der Waals surface area contributed by atoms with Crippen LogP contribution in [-0.2, 0) is 15.4 Å². The molecule has 1 aliphatic heterocycles. The first-order valence-electron chi connectivity index (χ1n) is 11.4. The second-order valence-corrected chi connectivity index (χ2v) is 11.3. The van der Waals surface area contributed by atoms with E-state index in [1.54, 1.807) is 16.4 Å². The molecule has 4 rings (SSSR count). The number of hydrogen-bond donors (Lipinski definition) is 0. The molecule has 0 aromatic heterocycles. The second kappa shape index (κ2) is 8.57. The first-order chi connectivity index (χ1) is 14.8. The Morgan fingerprint density at radius 2 is 1.58 bits per heavy atom. The van der Waals surface area contributed by atoms with Crippen LogP contribution in [0.4, 0.5) is 5.69 Å². The predicted octanol–water partition coefficient (Wildman–Crippen LogP) is 3.74. The highest BCUT2D eigenvalue weighted by Crippen LogP contribution is 2.54. The molecular weight excluding hydrogens is 406 g/mol. The summed E-state index contributed by atoms with van der Waals surface area (Å²) in [5, 5.41) is 0. The van der Waals surface area contributed by atoms with Crippen molar-refractivity contribution in [3.05, 3.63) is 59.7 Å². The van der Waals surface area contributed by atoms with Crippen molar-refractivity contribution in [1.29, 1.82) is 0 Å². The number of nitrogens with zero attached hydrogens (tertiary/aromatic N) is 3. The molecule has 0 bridgehead atoms. The molecule has 1 saturated carbocycles. The fourth-order valence-electron chi connectivity index (χ4n) is 4.85. The maximum Gasteiger partial charge on any atom is 0.243 e. The van der Waals surface area contributed by atoms with Gasteiger partial charge in [-0.05, 0) is 62.7 Å². The SMILES string of the molecule is CCN(C)CC1(c2ccc(N3CCN(S(=O)(=O)c4ccc(C)cc4)CC3)cc2)CC1C. The molecule has 0 spiro atoms. The van der Waals surface area contributed by atoms with Crippen LogP contribution in [0, 0.1) is 12.8 Å². The van der Waals surface area contributed by atoms with E-state index in [1.165, 1.54) is 17.7 Å². The second-order valence-electron chi connectivity index (χ2n) is 9.34. The van der Waals surface area contributed by atoms with E-state index in [1.807, 2.05) is 19.1 Å². The smallest absolute Gasteiger partial charge is 0.243 e. The zero-order valence-electron chi connectivity index (χ0n) is 19.2. The normalized spacial score (nSPS) is 24.5. The lowest BCUT2D eigenvalue weighted by molar-refractivity contribution is 0.309. The van der Waals surface area contributed by atoms with E-state index in [0.29, 0.717) is 36.5 Å². The maximum atomic E-state index is 13.0. The molecule has 2 atom stereocenters.